The summed E-state index contributed by atoms with van der Waals surface area (Å²) in [7, 11) is 0. The maximum absolute atomic E-state index is 12.7. The number of benzene rings is 1. The third kappa shape index (κ3) is 3.47. The molecule has 3 N–H and O–H groups in total. The minimum atomic E-state index is -0.581. The van der Waals surface area contributed by atoms with Crippen LogP contribution in [0, 0.1) is 0 Å². The van der Waals surface area contributed by atoms with Crippen LogP contribution in [0.3, 0.4) is 0 Å². The van der Waals surface area contributed by atoms with Gasteiger partial charge in [0.15, 0.2) is 0 Å². The van der Waals surface area contributed by atoms with Gasteiger partial charge in [-0.15, -0.1) is 0 Å². The SMILES string of the molecule is NC(=O)c1c(Cl)c(-c2ccccc2)n2c1CN(C(=O)NC1CCOCC1)CC2. The molecule has 0 radical (unpaired) electrons. The number of nitrogens with one attached hydrogen (secondary N) is 1. The smallest absolute Gasteiger partial charge is 0.318 e. The van der Waals surface area contributed by atoms with Crippen molar-refractivity contribution >= 4 is 23.5 Å². The van der Waals surface area contributed by atoms with Crippen LogP contribution in [0.1, 0.15) is 28.9 Å². The summed E-state index contributed by atoms with van der Waals surface area (Å²) < 4.78 is 7.35. The first-order valence-corrected chi connectivity index (χ1v) is 9.83. The van der Waals surface area contributed by atoms with E-state index in [1.54, 1.807) is 4.90 Å². The summed E-state index contributed by atoms with van der Waals surface area (Å²) >= 11 is 6.58. The van der Waals surface area contributed by atoms with Crippen LogP contribution in [0.2, 0.25) is 5.02 Å². The van der Waals surface area contributed by atoms with Crippen molar-refractivity contribution in [3.8, 4) is 11.3 Å². The van der Waals surface area contributed by atoms with Crippen molar-refractivity contribution in [2.75, 3.05) is 19.8 Å². The van der Waals surface area contributed by atoms with Gasteiger partial charge in [-0.05, 0) is 18.4 Å². The Labute approximate surface area is 168 Å². The van der Waals surface area contributed by atoms with Crippen molar-refractivity contribution in [1.82, 2.24) is 14.8 Å². The van der Waals surface area contributed by atoms with E-state index in [4.69, 9.17) is 22.1 Å². The number of halogens is 1. The predicted molar refractivity (Wildman–Crippen MR) is 106 cm³/mol. The zero-order valence-corrected chi connectivity index (χ0v) is 16.2. The molecule has 1 fully saturated rings. The maximum Gasteiger partial charge on any atom is 0.318 e. The summed E-state index contributed by atoms with van der Waals surface area (Å²) in [6, 6.07) is 9.65. The molecular formula is C20H23ClN4O3. The summed E-state index contributed by atoms with van der Waals surface area (Å²) in [4.78, 5) is 26.6. The Morgan fingerprint density at radius 3 is 2.54 bits per heavy atom. The lowest BCUT2D eigenvalue weighted by Gasteiger charge is -2.32. The van der Waals surface area contributed by atoms with Gasteiger partial charge < -0.3 is 25.3 Å². The van der Waals surface area contributed by atoms with E-state index in [0.29, 0.717) is 49.1 Å². The number of hydrogen-bond donors (Lipinski definition) is 2. The van der Waals surface area contributed by atoms with Crippen LogP contribution in [0.25, 0.3) is 11.3 Å². The maximum atomic E-state index is 12.7. The molecule has 3 amide bonds. The van der Waals surface area contributed by atoms with E-state index in [0.717, 1.165) is 24.1 Å². The molecular weight excluding hydrogens is 380 g/mol. The highest BCUT2D eigenvalue weighted by molar-refractivity contribution is 6.36. The summed E-state index contributed by atoms with van der Waals surface area (Å²) in [5.41, 5.74) is 8.30. The number of carbonyl (C=O) groups is 2. The summed E-state index contributed by atoms with van der Waals surface area (Å²) in [5, 5.41) is 3.42. The molecule has 0 spiro atoms. The van der Waals surface area contributed by atoms with E-state index in [1.807, 2.05) is 34.9 Å². The minimum absolute atomic E-state index is 0.119. The molecule has 0 bridgehead atoms. The Balaban J connectivity index is 1.62. The van der Waals surface area contributed by atoms with E-state index >= 15 is 0 Å². The van der Waals surface area contributed by atoms with E-state index in [2.05, 4.69) is 5.32 Å². The molecule has 0 saturated carbocycles. The lowest BCUT2D eigenvalue weighted by atomic mass is 10.1. The van der Waals surface area contributed by atoms with Gasteiger partial charge in [-0.2, -0.15) is 0 Å². The molecule has 0 atom stereocenters. The average molecular weight is 403 g/mol. The van der Waals surface area contributed by atoms with Crippen LogP contribution in [-0.4, -0.2) is 47.2 Å². The van der Waals surface area contributed by atoms with Crippen LogP contribution in [0.15, 0.2) is 30.3 Å². The summed E-state index contributed by atoms with van der Waals surface area (Å²) in [6.45, 7) is 2.70. The number of nitrogens with zero attached hydrogens (tertiary/aromatic N) is 2. The fraction of sp³-hybridized carbons (Fsp3) is 0.400. The Morgan fingerprint density at radius 2 is 1.86 bits per heavy atom. The molecule has 7 nitrogen and oxygen atoms in total. The molecule has 4 rings (SSSR count). The molecule has 1 saturated heterocycles. The highest BCUT2D eigenvalue weighted by Gasteiger charge is 2.32. The first kappa shape index (κ1) is 18.8. The van der Waals surface area contributed by atoms with E-state index < -0.39 is 5.91 Å². The molecule has 148 valence electrons. The second-order valence-electron chi connectivity index (χ2n) is 7.12. The zero-order chi connectivity index (χ0) is 19.7. The van der Waals surface area contributed by atoms with Crippen LogP contribution in [0.4, 0.5) is 4.79 Å². The molecule has 2 aromatic rings. The van der Waals surface area contributed by atoms with Gasteiger partial charge in [-0.3, -0.25) is 4.79 Å². The fourth-order valence-electron chi connectivity index (χ4n) is 3.94. The van der Waals surface area contributed by atoms with E-state index in [9.17, 15) is 9.59 Å². The molecule has 2 aliphatic rings. The predicted octanol–water partition coefficient (Wildman–Crippen LogP) is 2.61. The largest absolute Gasteiger partial charge is 0.381 e. The van der Waals surface area contributed by atoms with Gasteiger partial charge in [0.05, 0.1) is 28.5 Å². The van der Waals surface area contributed by atoms with Crippen LogP contribution < -0.4 is 11.1 Å². The number of rotatable bonds is 3. The molecule has 0 unspecified atom stereocenters. The first-order valence-electron chi connectivity index (χ1n) is 9.45. The van der Waals surface area contributed by atoms with Crippen molar-refractivity contribution in [3.63, 3.8) is 0 Å². The van der Waals surface area contributed by atoms with Gasteiger partial charge in [0.1, 0.15) is 0 Å². The number of hydrogen-bond acceptors (Lipinski definition) is 3. The number of ether oxygens (including phenoxy) is 1. The van der Waals surface area contributed by atoms with Crippen molar-refractivity contribution in [2.24, 2.45) is 5.73 Å². The van der Waals surface area contributed by atoms with Gasteiger partial charge in [-0.25, -0.2) is 4.79 Å². The van der Waals surface area contributed by atoms with Crippen molar-refractivity contribution in [3.05, 3.63) is 46.6 Å². The van der Waals surface area contributed by atoms with Gasteiger partial charge in [0.2, 0.25) is 0 Å². The molecule has 8 heteroatoms. The number of urea groups is 1. The Morgan fingerprint density at radius 1 is 1.14 bits per heavy atom. The molecule has 1 aromatic heterocycles. The lowest BCUT2D eigenvalue weighted by molar-refractivity contribution is 0.0774. The first-order chi connectivity index (χ1) is 13.6. The number of amides is 3. The second kappa shape index (κ2) is 7.85. The minimum Gasteiger partial charge on any atom is -0.381 e. The highest BCUT2D eigenvalue weighted by atomic mass is 35.5. The number of nitrogens with two attached hydrogens (primary N) is 1. The number of aromatic nitrogens is 1. The standard InChI is InChI=1S/C20H23ClN4O3/c21-17-16(19(22)26)15-12-24(20(27)23-14-6-10-28-11-7-14)8-9-25(15)18(17)13-4-2-1-3-5-13/h1-5,14H,6-12H2,(H2,22,26)(H,23,27). The van der Waals surface area contributed by atoms with E-state index in [1.165, 1.54) is 0 Å². The Hall–Kier alpha value is -2.51. The number of fused-ring (bicyclic) bond motifs is 1. The molecule has 2 aliphatic heterocycles. The Kier molecular flexibility index (Phi) is 5.28. The van der Waals surface area contributed by atoms with Crippen molar-refractivity contribution in [2.45, 2.75) is 32.0 Å². The van der Waals surface area contributed by atoms with Crippen LogP contribution >= 0.6 is 11.6 Å². The highest BCUT2D eigenvalue weighted by Crippen LogP contribution is 2.37. The molecule has 28 heavy (non-hydrogen) atoms. The quantitative estimate of drug-likeness (QED) is 0.826. The lowest BCUT2D eigenvalue weighted by Crippen LogP contribution is -2.49. The average Bonchev–Trinajstić information content (AvgIpc) is 3.00. The monoisotopic (exact) mass is 402 g/mol. The normalized spacial score (nSPS) is 17.2. The molecule has 1 aromatic carbocycles. The second-order valence-corrected chi connectivity index (χ2v) is 7.50. The third-order valence-electron chi connectivity index (χ3n) is 5.38. The summed E-state index contributed by atoms with van der Waals surface area (Å²) in [6.07, 6.45) is 1.62. The summed E-state index contributed by atoms with van der Waals surface area (Å²) in [5.74, 6) is -0.581. The fourth-order valence-corrected chi connectivity index (χ4v) is 4.35. The van der Waals surface area contributed by atoms with Crippen molar-refractivity contribution < 1.29 is 14.3 Å². The van der Waals surface area contributed by atoms with Gasteiger partial charge >= 0.3 is 6.03 Å². The Bertz CT molecular complexity index is 891. The zero-order valence-electron chi connectivity index (χ0n) is 15.5. The van der Waals surface area contributed by atoms with Gasteiger partial charge in [0, 0.05) is 32.3 Å². The molecule has 0 aliphatic carbocycles. The van der Waals surface area contributed by atoms with Gasteiger partial charge in [-0.1, -0.05) is 41.9 Å². The third-order valence-corrected chi connectivity index (χ3v) is 5.74. The van der Waals surface area contributed by atoms with Crippen molar-refractivity contribution in [1.29, 1.82) is 0 Å². The van der Waals surface area contributed by atoms with Crippen LogP contribution in [-0.2, 0) is 17.8 Å². The number of primary amides is 1. The topological polar surface area (TPSA) is 89.6 Å². The number of carbonyl (C=O) groups excluding carboxylic acids is 2. The van der Waals surface area contributed by atoms with E-state index in [-0.39, 0.29) is 12.1 Å². The van der Waals surface area contributed by atoms with Gasteiger partial charge in [0.25, 0.3) is 5.91 Å². The van der Waals surface area contributed by atoms with Crippen LogP contribution in [0.5, 0.6) is 0 Å². The molecule has 3 heterocycles.